The van der Waals surface area contributed by atoms with Crippen LogP contribution in [-0.2, 0) is 16.0 Å². The number of nitrogens with zero attached hydrogens (tertiary/aromatic N) is 3. The highest BCUT2D eigenvalue weighted by molar-refractivity contribution is 7.90. The van der Waals surface area contributed by atoms with Gasteiger partial charge >= 0.3 is 11.9 Å². The Balaban J connectivity index is 1.94. The largest absolute Gasteiger partial charge is 0.491 e. The topological polar surface area (TPSA) is 116 Å². The van der Waals surface area contributed by atoms with Crippen LogP contribution in [0, 0.1) is 6.92 Å². The molecule has 3 aromatic heterocycles. The molecule has 4 aromatic rings. The Morgan fingerprint density at radius 3 is 2.47 bits per heavy atom. The molecule has 0 aliphatic rings. The van der Waals surface area contributed by atoms with E-state index < -0.39 is 39.1 Å². The molecule has 0 saturated heterocycles. The van der Waals surface area contributed by atoms with Gasteiger partial charge in [-0.05, 0) is 43.2 Å². The summed E-state index contributed by atoms with van der Waals surface area (Å²) >= 11 is 0. The Morgan fingerprint density at radius 1 is 1.13 bits per heavy atom. The number of methoxy groups -OCH3 is 1. The molecule has 0 bridgehead atoms. The van der Waals surface area contributed by atoms with Gasteiger partial charge in [-0.1, -0.05) is 18.2 Å². The number of imidazole rings is 1. The fraction of sp³-hybridized carbons (Fsp3) is 0.320. The van der Waals surface area contributed by atoms with Crippen LogP contribution >= 0.6 is 0 Å². The minimum Gasteiger partial charge on any atom is -0.491 e. The van der Waals surface area contributed by atoms with Crippen molar-refractivity contribution in [3.8, 4) is 22.8 Å². The molecular formula is C25H25F3N4O5S. The van der Waals surface area contributed by atoms with Crippen LogP contribution in [0.15, 0.2) is 47.4 Å². The van der Waals surface area contributed by atoms with Crippen molar-refractivity contribution < 1.29 is 31.1 Å². The predicted molar refractivity (Wildman–Crippen MR) is 135 cm³/mol. The smallest absolute Gasteiger partial charge is 0.417 e. The van der Waals surface area contributed by atoms with Crippen LogP contribution in [0.25, 0.3) is 22.3 Å². The minimum atomic E-state index is -4.60. The maximum absolute atomic E-state index is 13.7. The maximum atomic E-state index is 13.7. The molecular weight excluding hydrogens is 525 g/mol. The van der Waals surface area contributed by atoms with E-state index in [-0.39, 0.29) is 40.5 Å². The Morgan fingerprint density at radius 2 is 1.84 bits per heavy atom. The van der Waals surface area contributed by atoms with Gasteiger partial charge in [0.2, 0.25) is 0 Å². The summed E-state index contributed by atoms with van der Waals surface area (Å²) in [6, 6.07) is 7.03. The van der Waals surface area contributed by atoms with E-state index in [0.717, 1.165) is 16.9 Å². The van der Waals surface area contributed by atoms with Gasteiger partial charge in [0.15, 0.2) is 11.4 Å². The second-order valence-electron chi connectivity index (χ2n) is 8.62. The highest BCUT2D eigenvalue weighted by Crippen LogP contribution is 2.39. The average molecular weight is 551 g/mol. The number of fused-ring (bicyclic) bond motifs is 1. The zero-order chi connectivity index (χ0) is 27.8. The number of halogens is 3. The van der Waals surface area contributed by atoms with Crippen molar-refractivity contribution >= 4 is 21.0 Å². The number of pyridine rings is 2. The molecule has 0 unspecified atom stereocenters. The first-order valence-corrected chi connectivity index (χ1v) is 13.5. The Bertz CT molecular complexity index is 1660. The van der Waals surface area contributed by atoms with Gasteiger partial charge in [0.05, 0.1) is 42.3 Å². The van der Waals surface area contributed by atoms with E-state index in [9.17, 15) is 26.4 Å². The highest BCUT2D eigenvalue weighted by Gasteiger charge is 2.34. The summed E-state index contributed by atoms with van der Waals surface area (Å²) in [5.41, 5.74) is -0.641. The SMILES string of the molecule is CCOc1nc([C@@H](CS(C)(=O)=O)n2c(=O)[nH]c3c(C)c(-c4ccccc4C(F)(F)F)cnc32)ccc1OC. The standard InChI is InChI=1S/C25H25F3N4O5S/c1-5-37-23-20(36-3)11-10-18(30-23)19(13-38(4,34)35)32-22-21(31-24(32)33)14(2)16(12-29-22)15-8-6-7-9-17(15)25(26,27)28/h6-12,19H,5,13H2,1-4H3,(H,31,33)/t19-/m1/s1. The van der Waals surface area contributed by atoms with Crippen molar-refractivity contribution in [3.05, 3.63) is 69.9 Å². The van der Waals surface area contributed by atoms with Crippen LogP contribution in [0.1, 0.15) is 29.8 Å². The molecule has 1 N–H and O–H groups in total. The maximum Gasteiger partial charge on any atom is 0.417 e. The third-order valence-corrected chi connectivity index (χ3v) is 6.90. The van der Waals surface area contributed by atoms with Crippen molar-refractivity contribution in [1.29, 1.82) is 0 Å². The summed E-state index contributed by atoms with van der Waals surface area (Å²) in [6.07, 6.45) is -2.33. The van der Waals surface area contributed by atoms with Gasteiger partial charge in [0, 0.05) is 18.0 Å². The van der Waals surface area contributed by atoms with Crippen molar-refractivity contribution in [2.75, 3.05) is 25.7 Å². The fourth-order valence-corrected chi connectivity index (χ4v) is 5.21. The molecule has 9 nitrogen and oxygen atoms in total. The van der Waals surface area contributed by atoms with E-state index >= 15 is 0 Å². The average Bonchev–Trinajstić information content (AvgIpc) is 3.18. The number of H-pyrrole nitrogens is 1. The van der Waals surface area contributed by atoms with Crippen LogP contribution < -0.4 is 15.2 Å². The van der Waals surface area contributed by atoms with E-state index in [2.05, 4.69) is 15.0 Å². The summed E-state index contributed by atoms with van der Waals surface area (Å²) in [5.74, 6) is -0.0552. The van der Waals surface area contributed by atoms with E-state index in [1.165, 1.54) is 37.6 Å². The molecule has 0 spiro atoms. The van der Waals surface area contributed by atoms with E-state index in [4.69, 9.17) is 9.47 Å². The van der Waals surface area contributed by atoms with Gasteiger partial charge in [-0.15, -0.1) is 0 Å². The Hall–Kier alpha value is -3.87. The highest BCUT2D eigenvalue weighted by atomic mass is 32.2. The molecule has 202 valence electrons. The number of rotatable bonds is 8. The first kappa shape index (κ1) is 27.2. The van der Waals surface area contributed by atoms with Gasteiger partial charge in [-0.3, -0.25) is 4.57 Å². The summed E-state index contributed by atoms with van der Waals surface area (Å²) < 4.78 is 77.7. The normalized spacial score (nSPS) is 13.0. The molecule has 1 aromatic carbocycles. The van der Waals surface area contributed by atoms with Gasteiger partial charge in [0.1, 0.15) is 9.84 Å². The third-order valence-electron chi connectivity index (χ3n) is 5.98. The lowest BCUT2D eigenvalue weighted by molar-refractivity contribution is -0.137. The Kier molecular flexibility index (Phi) is 7.24. The first-order valence-electron chi connectivity index (χ1n) is 11.5. The van der Waals surface area contributed by atoms with Crippen LogP contribution in [0.3, 0.4) is 0 Å². The second kappa shape index (κ2) is 10.1. The number of aromatic amines is 1. The summed E-state index contributed by atoms with van der Waals surface area (Å²) in [6.45, 7) is 3.57. The number of hydrogen-bond acceptors (Lipinski definition) is 7. The van der Waals surface area contributed by atoms with Crippen molar-refractivity contribution in [2.24, 2.45) is 0 Å². The third kappa shape index (κ3) is 5.23. The van der Waals surface area contributed by atoms with Crippen LogP contribution in [0.2, 0.25) is 0 Å². The molecule has 0 fully saturated rings. The number of benzene rings is 1. The molecule has 13 heteroatoms. The lowest BCUT2D eigenvalue weighted by Crippen LogP contribution is -2.29. The van der Waals surface area contributed by atoms with Gasteiger partial charge in [0.25, 0.3) is 5.88 Å². The molecule has 1 atom stereocenters. The molecule has 3 heterocycles. The van der Waals surface area contributed by atoms with Crippen molar-refractivity contribution in [3.63, 3.8) is 0 Å². The predicted octanol–water partition coefficient (Wildman–Crippen LogP) is 4.16. The van der Waals surface area contributed by atoms with Gasteiger partial charge in [-0.25, -0.2) is 23.2 Å². The zero-order valence-electron chi connectivity index (χ0n) is 21.0. The second-order valence-corrected chi connectivity index (χ2v) is 10.8. The number of aromatic nitrogens is 4. The molecule has 0 amide bonds. The number of hydrogen-bond donors (Lipinski definition) is 1. The zero-order valence-corrected chi connectivity index (χ0v) is 21.8. The van der Waals surface area contributed by atoms with Crippen molar-refractivity contribution in [2.45, 2.75) is 26.1 Å². The lowest BCUT2D eigenvalue weighted by Gasteiger charge is -2.19. The molecule has 0 saturated carbocycles. The van der Waals surface area contributed by atoms with Crippen molar-refractivity contribution in [1.82, 2.24) is 19.5 Å². The molecule has 38 heavy (non-hydrogen) atoms. The summed E-state index contributed by atoms with van der Waals surface area (Å²) in [7, 11) is -2.22. The summed E-state index contributed by atoms with van der Waals surface area (Å²) in [5, 5.41) is 0. The van der Waals surface area contributed by atoms with Gasteiger partial charge in [-0.2, -0.15) is 13.2 Å². The van der Waals surface area contributed by atoms with E-state index in [1.54, 1.807) is 19.9 Å². The monoisotopic (exact) mass is 550 g/mol. The molecule has 4 rings (SSSR count). The van der Waals surface area contributed by atoms with Crippen LogP contribution in [-0.4, -0.2) is 53.7 Å². The van der Waals surface area contributed by atoms with Crippen LogP contribution in [0.4, 0.5) is 13.2 Å². The first-order chi connectivity index (χ1) is 17.9. The Labute approximate surface area is 216 Å². The van der Waals surface area contributed by atoms with E-state index in [1.807, 2.05) is 0 Å². The number of alkyl halides is 3. The number of aryl methyl sites for hydroxylation is 1. The van der Waals surface area contributed by atoms with Crippen LogP contribution in [0.5, 0.6) is 11.6 Å². The number of ether oxygens (including phenoxy) is 2. The van der Waals surface area contributed by atoms with E-state index in [0.29, 0.717) is 11.3 Å². The van der Waals surface area contributed by atoms with Gasteiger partial charge < -0.3 is 14.5 Å². The molecule has 0 radical (unpaired) electrons. The number of sulfone groups is 1. The number of nitrogens with one attached hydrogen (secondary N) is 1. The minimum absolute atomic E-state index is 0.0740. The molecule has 0 aliphatic carbocycles. The summed E-state index contributed by atoms with van der Waals surface area (Å²) in [4.78, 5) is 24.6. The fourth-order valence-electron chi connectivity index (χ4n) is 4.31. The lowest BCUT2D eigenvalue weighted by atomic mass is 9.97. The molecule has 0 aliphatic heterocycles. The quantitative estimate of drug-likeness (QED) is 0.350.